The van der Waals surface area contributed by atoms with Crippen LogP contribution in [0.1, 0.15) is 0 Å². The maximum Gasteiger partial charge on any atom is 0.268 e. The number of sulfonamides is 1. The van der Waals surface area contributed by atoms with Gasteiger partial charge in [-0.25, -0.2) is 18.2 Å². The number of H-pyrrole nitrogens is 1. The number of ether oxygens (including phenoxy) is 2. The highest BCUT2D eigenvalue weighted by Crippen LogP contribution is 2.28. The van der Waals surface area contributed by atoms with Gasteiger partial charge in [-0.3, -0.25) is 0 Å². The minimum Gasteiger partial charge on any atom is -0.497 e. The number of methoxy groups -OCH3 is 2. The molecule has 0 fully saturated rings. The van der Waals surface area contributed by atoms with E-state index in [-0.39, 0.29) is 16.6 Å². The van der Waals surface area contributed by atoms with Gasteiger partial charge in [0.1, 0.15) is 22.7 Å². The van der Waals surface area contributed by atoms with E-state index in [1.54, 1.807) is 6.07 Å². The van der Waals surface area contributed by atoms with Crippen LogP contribution in [0.15, 0.2) is 29.4 Å². The van der Waals surface area contributed by atoms with Crippen molar-refractivity contribution in [1.29, 1.82) is 0 Å². The molecule has 19 heavy (non-hydrogen) atoms. The van der Waals surface area contributed by atoms with Crippen LogP contribution in [0.25, 0.3) is 0 Å². The highest BCUT2D eigenvalue weighted by atomic mass is 32.2. The first kappa shape index (κ1) is 13.1. The molecule has 0 amide bonds. The molecule has 0 aliphatic heterocycles. The van der Waals surface area contributed by atoms with Gasteiger partial charge >= 0.3 is 0 Å². The van der Waals surface area contributed by atoms with Crippen molar-refractivity contribution in [3.63, 3.8) is 0 Å². The number of nitrogens with one attached hydrogen (secondary N) is 2. The number of nitrogens with zero attached hydrogens (tertiary/aromatic N) is 2. The van der Waals surface area contributed by atoms with E-state index < -0.39 is 10.0 Å². The van der Waals surface area contributed by atoms with E-state index >= 15 is 0 Å². The molecule has 8 nitrogen and oxygen atoms in total. The Kier molecular flexibility index (Phi) is 3.56. The molecule has 1 aromatic heterocycles. The highest BCUT2D eigenvalue weighted by Gasteiger charge is 2.21. The van der Waals surface area contributed by atoms with Crippen LogP contribution in [0, 0.1) is 0 Å². The topological polar surface area (TPSA) is 106 Å². The third-order valence-electron chi connectivity index (χ3n) is 2.31. The molecule has 0 saturated carbocycles. The lowest BCUT2D eigenvalue weighted by molar-refractivity contribution is 0.392. The van der Waals surface area contributed by atoms with Crippen LogP contribution in [-0.4, -0.2) is 37.8 Å². The summed E-state index contributed by atoms with van der Waals surface area (Å²) in [4.78, 5) is 3.65. The van der Waals surface area contributed by atoms with E-state index in [0.29, 0.717) is 5.75 Å². The Balaban J connectivity index is 2.43. The van der Waals surface area contributed by atoms with Gasteiger partial charge in [0, 0.05) is 6.07 Å². The summed E-state index contributed by atoms with van der Waals surface area (Å²) in [5.74, 6) is 0.622. The second kappa shape index (κ2) is 5.14. The number of aromatic amines is 1. The van der Waals surface area contributed by atoms with E-state index in [0.717, 1.165) is 0 Å². The van der Waals surface area contributed by atoms with E-state index in [4.69, 9.17) is 9.47 Å². The van der Waals surface area contributed by atoms with E-state index in [1.165, 1.54) is 32.7 Å². The van der Waals surface area contributed by atoms with Gasteiger partial charge in [-0.05, 0) is 12.1 Å². The lowest BCUT2D eigenvalue weighted by atomic mass is 10.3. The van der Waals surface area contributed by atoms with Crippen molar-refractivity contribution < 1.29 is 17.9 Å². The van der Waals surface area contributed by atoms with Gasteiger partial charge in [0.25, 0.3) is 10.0 Å². The first-order valence-corrected chi connectivity index (χ1v) is 6.65. The van der Waals surface area contributed by atoms with Gasteiger partial charge in [0.15, 0.2) is 0 Å². The van der Waals surface area contributed by atoms with Crippen molar-refractivity contribution in [3.8, 4) is 11.5 Å². The molecule has 0 spiro atoms. The molecule has 9 heteroatoms. The smallest absolute Gasteiger partial charge is 0.268 e. The average molecular weight is 284 g/mol. The van der Waals surface area contributed by atoms with Gasteiger partial charge in [-0.15, -0.1) is 0 Å². The summed E-state index contributed by atoms with van der Waals surface area (Å²) in [6, 6.07) is 4.47. The summed E-state index contributed by atoms with van der Waals surface area (Å²) < 4.78 is 36.7. The molecule has 2 rings (SSSR count). The Morgan fingerprint density at radius 3 is 2.63 bits per heavy atom. The lowest BCUT2D eigenvalue weighted by Crippen LogP contribution is -2.15. The second-order valence-electron chi connectivity index (χ2n) is 3.46. The molecule has 0 bridgehead atoms. The van der Waals surface area contributed by atoms with E-state index in [9.17, 15) is 8.42 Å². The number of aromatic nitrogens is 3. The third kappa shape index (κ3) is 2.76. The number of rotatable bonds is 5. The number of hydrogen-bond acceptors (Lipinski definition) is 6. The van der Waals surface area contributed by atoms with Gasteiger partial charge in [-0.2, -0.15) is 10.1 Å². The van der Waals surface area contributed by atoms with Crippen molar-refractivity contribution in [2.24, 2.45) is 0 Å². The maximum atomic E-state index is 12.2. The van der Waals surface area contributed by atoms with Crippen molar-refractivity contribution in [2.75, 3.05) is 18.9 Å². The summed E-state index contributed by atoms with van der Waals surface area (Å²) in [7, 11) is -1.02. The zero-order chi connectivity index (χ0) is 13.9. The number of anilines is 1. The minimum atomic E-state index is -3.85. The Labute approximate surface area is 109 Å². The molecule has 0 aliphatic rings. The van der Waals surface area contributed by atoms with Gasteiger partial charge in [0.2, 0.25) is 5.95 Å². The average Bonchev–Trinajstić information content (AvgIpc) is 2.90. The molecule has 2 aromatic rings. The largest absolute Gasteiger partial charge is 0.497 e. The minimum absolute atomic E-state index is 0.0184. The molecule has 0 atom stereocenters. The first-order chi connectivity index (χ1) is 9.06. The summed E-state index contributed by atoms with van der Waals surface area (Å²) >= 11 is 0. The van der Waals surface area contributed by atoms with Crippen molar-refractivity contribution >= 4 is 16.0 Å². The van der Waals surface area contributed by atoms with Crippen LogP contribution in [0.4, 0.5) is 5.95 Å². The molecule has 0 saturated heterocycles. The normalized spacial score (nSPS) is 11.1. The molecule has 0 radical (unpaired) electrons. The Morgan fingerprint density at radius 2 is 2.05 bits per heavy atom. The van der Waals surface area contributed by atoms with Crippen molar-refractivity contribution in [2.45, 2.75) is 4.90 Å². The quantitative estimate of drug-likeness (QED) is 0.833. The Hall–Kier alpha value is -2.29. The highest BCUT2D eigenvalue weighted by molar-refractivity contribution is 7.92. The molecular weight excluding hydrogens is 272 g/mol. The van der Waals surface area contributed by atoms with Crippen molar-refractivity contribution in [3.05, 3.63) is 24.5 Å². The molecular formula is C10H12N4O4S. The zero-order valence-electron chi connectivity index (χ0n) is 10.2. The fraction of sp³-hybridized carbons (Fsp3) is 0.200. The van der Waals surface area contributed by atoms with Crippen LogP contribution in [-0.2, 0) is 10.0 Å². The monoisotopic (exact) mass is 284 g/mol. The third-order valence-corrected chi connectivity index (χ3v) is 3.67. The van der Waals surface area contributed by atoms with E-state index in [1.807, 2.05) is 0 Å². The van der Waals surface area contributed by atoms with Crippen LogP contribution in [0.3, 0.4) is 0 Å². The molecule has 2 N–H and O–H groups in total. The Bertz CT molecular complexity index is 654. The van der Waals surface area contributed by atoms with Gasteiger partial charge in [-0.1, -0.05) is 0 Å². The number of hydrogen-bond donors (Lipinski definition) is 2. The molecule has 1 aromatic carbocycles. The van der Waals surface area contributed by atoms with Crippen LogP contribution < -0.4 is 14.2 Å². The van der Waals surface area contributed by atoms with Crippen LogP contribution in [0.5, 0.6) is 11.5 Å². The molecule has 0 unspecified atom stereocenters. The molecule has 1 heterocycles. The fourth-order valence-electron chi connectivity index (χ4n) is 1.43. The van der Waals surface area contributed by atoms with Crippen molar-refractivity contribution in [1.82, 2.24) is 15.2 Å². The molecule has 0 aliphatic carbocycles. The SMILES string of the molecule is COc1ccc(OC)c(S(=O)(=O)Nc2ncn[nH]2)c1. The second-order valence-corrected chi connectivity index (χ2v) is 5.11. The first-order valence-electron chi connectivity index (χ1n) is 5.17. The van der Waals surface area contributed by atoms with Gasteiger partial charge in [0.05, 0.1) is 14.2 Å². The predicted molar refractivity (Wildman–Crippen MR) is 66.7 cm³/mol. The number of benzene rings is 1. The Morgan fingerprint density at radius 1 is 1.26 bits per heavy atom. The standard InChI is InChI=1S/C10H12N4O4S/c1-17-7-3-4-8(18-2)9(5-7)19(15,16)14-10-11-6-12-13-10/h3-6H,1-2H3,(H2,11,12,13,14). The van der Waals surface area contributed by atoms with E-state index in [2.05, 4.69) is 19.9 Å². The predicted octanol–water partition coefficient (Wildman–Crippen LogP) is 0.623. The summed E-state index contributed by atoms with van der Waals surface area (Å²) in [6.07, 6.45) is 1.20. The lowest BCUT2D eigenvalue weighted by Gasteiger charge is -2.11. The molecule has 102 valence electrons. The zero-order valence-corrected chi connectivity index (χ0v) is 11.1. The summed E-state index contributed by atoms with van der Waals surface area (Å²) in [5, 5.41) is 5.96. The summed E-state index contributed by atoms with van der Waals surface area (Å²) in [5.41, 5.74) is 0. The van der Waals surface area contributed by atoms with Crippen LogP contribution >= 0.6 is 0 Å². The summed E-state index contributed by atoms with van der Waals surface area (Å²) in [6.45, 7) is 0. The van der Waals surface area contributed by atoms with Gasteiger partial charge < -0.3 is 9.47 Å². The van der Waals surface area contributed by atoms with Crippen LogP contribution in [0.2, 0.25) is 0 Å². The maximum absolute atomic E-state index is 12.2. The fourth-order valence-corrected chi connectivity index (χ4v) is 2.58.